The van der Waals surface area contributed by atoms with Crippen molar-refractivity contribution in [2.45, 2.75) is 44.1 Å². The van der Waals surface area contributed by atoms with Gasteiger partial charge in [-0.25, -0.2) is 9.78 Å². The molecule has 0 atom stereocenters. The number of hydrogen-bond acceptors (Lipinski definition) is 7. The van der Waals surface area contributed by atoms with Crippen LogP contribution in [-0.4, -0.2) is 57.2 Å². The molecule has 0 bridgehead atoms. The third-order valence-corrected chi connectivity index (χ3v) is 7.55. The summed E-state index contributed by atoms with van der Waals surface area (Å²) in [6.07, 6.45) is 4.68. The molecule has 4 aromatic rings. The highest BCUT2D eigenvalue weighted by Gasteiger charge is 2.19. The maximum absolute atomic E-state index is 12.9. The molecule has 0 unspecified atom stereocenters. The van der Waals surface area contributed by atoms with Crippen molar-refractivity contribution >= 4 is 22.9 Å². The zero-order valence-corrected chi connectivity index (χ0v) is 20.9. The van der Waals surface area contributed by atoms with Crippen LogP contribution < -0.4 is 11.2 Å². The van der Waals surface area contributed by atoms with Gasteiger partial charge in [-0.05, 0) is 37.9 Å². The molecule has 1 fully saturated rings. The lowest BCUT2D eigenvalue weighted by Gasteiger charge is -2.16. The molecule has 35 heavy (non-hydrogen) atoms. The van der Waals surface area contributed by atoms with Gasteiger partial charge < -0.3 is 9.13 Å². The summed E-state index contributed by atoms with van der Waals surface area (Å²) in [4.78, 5) is 32.3. The third kappa shape index (κ3) is 4.83. The summed E-state index contributed by atoms with van der Waals surface area (Å²) in [5.41, 5.74) is 1.41. The number of thioether (sulfide) groups is 1. The molecule has 3 aromatic heterocycles. The number of likely N-dealkylation sites (tertiary alicyclic amines) is 1. The Morgan fingerprint density at radius 1 is 0.971 bits per heavy atom. The van der Waals surface area contributed by atoms with Crippen LogP contribution in [-0.2, 0) is 33.7 Å². The first-order valence-electron chi connectivity index (χ1n) is 11.9. The largest absolute Gasteiger partial charge is 0.332 e. The number of hydrogen-bond donors (Lipinski definition) is 0. The molecular weight excluding hydrogens is 464 g/mol. The average Bonchev–Trinajstić information content (AvgIpc) is 3.60. The van der Waals surface area contributed by atoms with E-state index in [1.54, 1.807) is 36.8 Å². The lowest BCUT2D eigenvalue weighted by atomic mass is 10.2. The van der Waals surface area contributed by atoms with Crippen molar-refractivity contribution in [2.24, 2.45) is 14.1 Å². The SMILES string of the molecule is Cn1cnc2c1c(=O)n(CCCSc1nnc(CN3CCCC3)n1Cc1ccccc1)c(=O)n2C. The Morgan fingerprint density at radius 2 is 1.74 bits per heavy atom. The molecule has 0 N–H and O–H groups in total. The van der Waals surface area contributed by atoms with Crippen LogP contribution in [0.2, 0.25) is 0 Å². The quantitative estimate of drug-likeness (QED) is 0.259. The average molecular weight is 495 g/mol. The third-order valence-electron chi connectivity index (χ3n) is 6.50. The van der Waals surface area contributed by atoms with Gasteiger partial charge in [-0.3, -0.25) is 18.8 Å². The second kappa shape index (κ2) is 10.2. The van der Waals surface area contributed by atoms with Crippen molar-refractivity contribution in [3.8, 4) is 0 Å². The Kier molecular flexibility index (Phi) is 6.87. The molecule has 5 rings (SSSR count). The van der Waals surface area contributed by atoms with Gasteiger partial charge in [0.15, 0.2) is 16.3 Å². The van der Waals surface area contributed by atoms with E-state index in [4.69, 9.17) is 0 Å². The highest BCUT2D eigenvalue weighted by molar-refractivity contribution is 7.99. The normalized spacial score (nSPS) is 14.3. The van der Waals surface area contributed by atoms with E-state index in [1.807, 2.05) is 18.2 Å². The van der Waals surface area contributed by atoms with Crippen LogP contribution in [0.25, 0.3) is 11.2 Å². The first-order chi connectivity index (χ1) is 17.0. The van der Waals surface area contributed by atoms with Crippen LogP contribution in [0, 0.1) is 0 Å². The minimum absolute atomic E-state index is 0.298. The van der Waals surface area contributed by atoms with Crippen LogP contribution >= 0.6 is 11.8 Å². The number of aryl methyl sites for hydroxylation is 2. The summed E-state index contributed by atoms with van der Waals surface area (Å²) in [6.45, 7) is 4.07. The summed E-state index contributed by atoms with van der Waals surface area (Å²) in [5.74, 6) is 1.69. The zero-order chi connectivity index (χ0) is 24.4. The van der Waals surface area contributed by atoms with Crippen molar-refractivity contribution < 1.29 is 0 Å². The molecule has 0 radical (unpaired) electrons. The minimum atomic E-state index is -0.341. The van der Waals surface area contributed by atoms with Crippen molar-refractivity contribution in [1.82, 2.24) is 38.3 Å². The second-order valence-corrected chi connectivity index (χ2v) is 10.0. The van der Waals surface area contributed by atoms with E-state index in [-0.39, 0.29) is 11.2 Å². The molecule has 0 spiro atoms. The van der Waals surface area contributed by atoms with Crippen LogP contribution in [0.5, 0.6) is 0 Å². The summed E-state index contributed by atoms with van der Waals surface area (Å²) < 4.78 is 6.60. The number of imidazole rings is 1. The van der Waals surface area contributed by atoms with E-state index >= 15 is 0 Å². The fourth-order valence-corrected chi connectivity index (χ4v) is 5.47. The van der Waals surface area contributed by atoms with Crippen LogP contribution in [0.15, 0.2) is 51.4 Å². The molecule has 1 aliphatic heterocycles. The van der Waals surface area contributed by atoms with E-state index in [9.17, 15) is 9.59 Å². The summed E-state index contributed by atoms with van der Waals surface area (Å²) in [7, 11) is 3.41. The van der Waals surface area contributed by atoms with E-state index in [0.717, 1.165) is 42.9 Å². The smallest absolute Gasteiger partial charge is 0.328 e. The molecule has 184 valence electrons. The molecule has 10 nitrogen and oxygen atoms in total. The van der Waals surface area contributed by atoms with Crippen molar-refractivity contribution in [1.29, 1.82) is 0 Å². The van der Waals surface area contributed by atoms with Gasteiger partial charge in [-0.15, -0.1) is 10.2 Å². The highest BCUT2D eigenvalue weighted by Crippen LogP contribution is 2.21. The number of benzene rings is 1. The van der Waals surface area contributed by atoms with Crippen molar-refractivity contribution in [3.63, 3.8) is 0 Å². The maximum Gasteiger partial charge on any atom is 0.332 e. The number of nitrogens with zero attached hydrogens (tertiary/aromatic N) is 8. The van der Waals surface area contributed by atoms with Gasteiger partial charge in [0.25, 0.3) is 5.56 Å². The molecule has 0 amide bonds. The van der Waals surface area contributed by atoms with E-state index in [2.05, 4.69) is 36.8 Å². The summed E-state index contributed by atoms with van der Waals surface area (Å²) in [5, 5.41) is 9.89. The fraction of sp³-hybridized carbons (Fsp3) is 0.458. The molecule has 0 saturated carbocycles. The molecule has 0 aliphatic carbocycles. The molecule has 11 heteroatoms. The van der Waals surface area contributed by atoms with Gasteiger partial charge in [-0.2, -0.15) is 0 Å². The highest BCUT2D eigenvalue weighted by atomic mass is 32.2. The van der Waals surface area contributed by atoms with Gasteiger partial charge in [0.2, 0.25) is 0 Å². The molecule has 1 saturated heterocycles. The van der Waals surface area contributed by atoms with Crippen LogP contribution in [0.1, 0.15) is 30.7 Å². The first-order valence-corrected chi connectivity index (χ1v) is 12.9. The Balaban J connectivity index is 1.31. The predicted octanol–water partition coefficient (Wildman–Crippen LogP) is 1.85. The van der Waals surface area contributed by atoms with Gasteiger partial charge in [0.1, 0.15) is 5.82 Å². The molecule has 1 aliphatic rings. The Bertz CT molecular complexity index is 1430. The lowest BCUT2D eigenvalue weighted by Crippen LogP contribution is -2.39. The summed E-state index contributed by atoms with van der Waals surface area (Å²) >= 11 is 1.62. The van der Waals surface area contributed by atoms with Gasteiger partial charge >= 0.3 is 5.69 Å². The Morgan fingerprint density at radius 3 is 2.51 bits per heavy atom. The lowest BCUT2D eigenvalue weighted by molar-refractivity contribution is 0.316. The zero-order valence-electron chi connectivity index (χ0n) is 20.1. The predicted molar refractivity (Wildman–Crippen MR) is 136 cm³/mol. The van der Waals surface area contributed by atoms with Crippen molar-refractivity contribution in [2.75, 3.05) is 18.8 Å². The van der Waals surface area contributed by atoms with Gasteiger partial charge in [0, 0.05) is 26.4 Å². The van der Waals surface area contributed by atoms with E-state index in [0.29, 0.717) is 24.1 Å². The monoisotopic (exact) mass is 494 g/mol. The Hall–Kier alpha value is -3.18. The maximum atomic E-state index is 12.9. The van der Waals surface area contributed by atoms with Crippen LogP contribution in [0.3, 0.4) is 0 Å². The van der Waals surface area contributed by atoms with Gasteiger partial charge in [-0.1, -0.05) is 42.1 Å². The first kappa shape index (κ1) is 23.6. The molecule has 1 aromatic carbocycles. The van der Waals surface area contributed by atoms with Crippen LogP contribution in [0.4, 0.5) is 0 Å². The fourth-order valence-electron chi connectivity index (χ4n) is 4.59. The number of aromatic nitrogens is 7. The number of fused-ring (bicyclic) bond motifs is 1. The minimum Gasteiger partial charge on any atom is -0.328 e. The summed E-state index contributed by atoms with van der Waals surface area (Å²) in [6, 6.07) is 10.3. The van der Waals surface area contributed by atoms with Crippen molar-refractivity contribution in [3.05, 3.63) is 68.9 Å². The second-order valence-electron chi connectivity index (χ2n) is 8.98. The van der Waals surface area contributed by atoms with E-state index in [1.165, 1.54) is 27.5 Å². The Labute approximate surface area is 207 Å². The van der Waals surface area contributed by atoms with Gasteiger partial charge in [0.05, 0.1) is 19.4 Å². The standard InChI is InChI=1S/C24H30N8O2S/c1-28-17-25-21-20(28)22(33)31(24(34)29(21)2)13-8-14-35-23-27-26-19(16-30-11-6-7-12-30)32(23)15-18-9-4-3-5-10-18/h3-5,9-10,17H,6-8,11-16H2,1-2H3. The molecular formula is C24H30N8O2S. The molecule has 4 heterocycles. The topological polar surface area (TPSA) is 95.8 Å². The number of rotatable bonds is 9. The van der Waals surface area contributed by atoms with E-state index < -0.39 is 0 Å².